The summed E-state index contributed by atoms with van der Waals surface area (Å²) in [6.07, 6.45) is 0. The maximum absolute atomic E-state index is 10.5. The van der Waals surface area contributed by atoms with Crippen molar-refractivity contribution >= 4 is 27.0 Å². The van der Waals surface area contributed by atoms with Gasteiger partial charge in [0.1, 0.15) is 4.16 Å². The Morgan fingerprint density at radius 1 is 1.36 bits per heavy atom. The molecule has 4 heteroatoms. The van der Waals surface area contributed by atoms with Gasteiger partial charge < -0.3 is 4.55 Å². The normalized spacial score (nSPS) is 15.8. The summed E-state index contributed by atoms with van der Waals surface area (Å²) < 4.78 is 20.3. The fourth-order valence-electron chi connectivity index (χ4n) is 0.715. The average Bonchev–Trinajstić information content (AvgIpc) is 2.05. The third-order valence-corrected chi connectivity index (χ3v) is 3.29. The first-order valence-electron chi connectivity index (χ1n) is 2.99. The monoisotopic (exact) mass is 233 g/mol. The summed E-state index contributed by atoms with van der Waals surface area (Å²) in [7, 11) is 0. The molecule has 2 atom stereocenters. The molecule has 1 rings (SSSR count). The molecule has 0 aliphatic rings. The highest BCUT2D eigenvalue weighted by molar-refractivity contribution is 9.10. The van der Waals surface area contributed by atoms with E-state index in [9.17, 15) is 8.76 Å². The van der Waals surface area contributed by atoms with Crippen molar-refractivity contribution in [1.82, 2.24) is 0 Å². The second kappa shape index (κ2) is 3.99. The fraction of sp³-hybridized carbons (Fsp3) is 0.143. The Morgan fingerprint density at radius 2 is 1.91 bits per heavy atom. The van der Waals surface area contributed by atoms with Gasteiger partial charge in [0.15, 0.2) is 0 Å². The minimum absolute atomic E-state index is 0.594. The molecule has 11 heavy (non-hydrogen) atoms. The molecular weight excluding hydrogens is 228 g/mol. The van der Waals surface area contributed by atoms with Crippen LogP contribution in [0.1, 0.15) is 9.72 Å². The molecule has 1 aromatic rings. The van der Waals surface area contributed by atoms with Gasteiger partial charge in [-0.25, -0.2) is 0 Å². The lowest BCUT2D eigenvalue weighted by molar-refractivity contribution is 0.536. The van der Waals surface area contributed by atoms with Crippen molar-refractivity contribution < 1.29 is 8.76 Å². The highest BCUT2D eigenvalue weighted by Crippen LogP contribution is 2.24. The Labute approximate surface area is 76.0 Å². The van der Waals surface area contributed by atoms with Gasteiger partial charge in [-0.15, -0.1) is 0 Å². The van der Waals surface area contributed by atoms with E-state index >= 15 is 0 Å². The lowest BCUT2D eigenvalue weighted by Gasteiger charge is -2.12. The van der Waals surface area contributed by atoms with Gasteiger partial charge in [-0.05, 0) is 16.6 Å². The van der Waals surface area contributed by atoms with Gasteiger partial charge in [0.25, 0.3) is 0 Å². The molecule has 0 N–H and O–H groups in total. The number of benzene rings is 1. The largest absolute Gasteiger partial charge is 0.771 e. The van der Waals surface area contributed by atoms with Crippen molar-refractivity contribution in [2.75, 3.05) is 0 Å². The van der Waals surface area contributed by atoms with Crippen LogP contribution >= 0.6 is 15.9 Å². The first-order chi connectivity index (χ1) is 5.22. The van der Waals surface area contributed by atoms with Crippen molar-refractivity contribution in [3.63, 3.8) is 0 Å². The number of hydrogen-bond acceptors (Lipinski definition) is 2. The third-order valence-electron chi connectivity index (χ3n) is 1.23. The van der Waals surface area contributed by atoms with Crippen molar-refractivity contribution in [1.29, 1.82) is 0 Å². The lowest BCUT2D eigenvalue weighted by Crippen LogP contribution is -1.96. The molecule has 0 saturated heterocycles. The first kappa shape index (κ1) is 8.90. The maximum atomic E-state index is 10.5. The van der Waals surface area contributed by atoms with Gasteiger partial charge in [-0.1, -0.05) is 46.3 Å². The summed E-state index contributed by atoms with van der Waals surface area (Å²) in [5.41, 5.74) is 0.751. The number of alkyl halides is 1. The molecule has 0 aliphatic carbocycles. The predicted octanol–water partition coefficient (Wildman–Crippen LogP) is 1.96. The van der Waals surface area contributed by atoms with Crippen LogP contribution in [-0.2, 0) is 11.1 Å². The van der Waals surface area contributed by atoms with Gasteiger partial charge in [0, 0.05) is 0 Å². The van der Waals surface area contributed by atoms with Crippen molar-refractivity contribution in [2.24, 2.45) is 0 Å². The minimum atomic E-state index is -2.09. The van der Waals surface area contributed by atoms with Gasteiger partial charge >= 0.3 is 0 Å². The molecule has 0 aromatic heterocycles. The number of hydrogen-bond donors (Lipinski definition) is 0. The molecule has 0 heterocycles. The second-order valence-electron chi connectivity index (χ2n) is 1.99. The molecular formula is C7H6BrO2S-. The summed E-state index contributed by atoms with van der Waals surface area (Å²) in [6, 6.07) is 8.97. The van der Waals surface area contributed by atoms with Crippen LogP contribution in [-0.4, -0.2) is 8.76 Å². The maximum Gasteiger partial charge on any atom is 0.102 e. The Kier molecular flexibility index (Phi) is 3.23. The van der Waals surface area contributed by atoms with Crippen LogP contribution in [0.3, 0.4) is 0 Å². The fourth-order valence-corrected chi connectivity index (χ4v) is 1.40. The molecule has 0 saturated carbocycles. The predicted molar refractivity (Wildman–Crippen MR) is 47.0 cm³/mol. The van der Waals surface area contributed by atoms with E-state index in [0.717, 1.165) is 5.56 Å². The molecule has 0 radical (unpaired) electrons. The van der Waals surface area contributed by atoms with E-state index in [1.54, 1.807) is 24.3 Å². The van der Waals surface area contributed by atoms with Crippen LogP contribution in [0.2, 0.25) is 0 Å². The van der Waals surface area contributed by atoms with Gasteiger partial charge in [0.2, 0.25) is 0 Å². The van der Waals surface area contributed by atoms with E-state index < -0.39 is 15.2 Å². The Bertz CT molecular complexity index is 250. The van der Waals surface area contributed by atoms with Crippen LogP contribution in [0.5, 0.6) is 0 Å². The highest BCUT2D eigenvalue weighted by Gasteiger charge is 2.04. The molecule has 2 nitrogen and oxygen atoms in total. The van der Waals surface area contributed by atoms with E-state index in [1.807, 2.05) is 6.07 Å². The molecule has 1 aromatic carbocycles. The Hall–Kier alpha value is -0.190. The summed E-state index contributed by atoms with van der Waals surface area (Å²) in [5.74, 6) is 0. The molecule has 2 unspecified atom stereocenters. The lowest BCUT2D eigenvalue weighted by atomic mass is 10.2. The topological polar surface area (TPSA) is 40.1 Å². The third kappa shape index (κ3) is 2.39. The van der Waals surface area contributed by atoms with Crippen LogP contribution in [0.15, 0.2) is 30.3 Å². The van der Waals surface area contributed by atoms with Crippen molar-refractivity contribution in [3.8, 4) is 0 Å². The summed E-state index contributed by atoms with van der Waals surface area (Å²) in [4.78, 5) is 0. The minimum Gasteiger partial charge on any atom is -0.771 e. The van der Waals surface area contributed by atoms with Crippen LogP contribution in [0, 0.1) is 0 Å². The van der Waals surface area contributed by atoms with Crippen LogP contribution in [0.4, 0.5) is 0 Å². The summed E-state index contributed by atoms with van der Waals surface area (Å²) >= 11 is 0.943. The number of halogens is 1. The summed E-state index contributed by atoms with van der Waals surface area (Å²) in [6.45, 7) is 0. The zero-order valence-corrected chi connectivity index (χ0v) is 7.97. The summed E-state index contributed by atoms with van der Waals surface area (Å²) in [5, 5.41) is 0. The van der Waals surface area contributed by atoms with E-state index in [-0.39, 0.29) is 0 Å². The van der Waals surface area contributed by atoms with E-state index in [2.05, 4.69) is 15.9 Å². The van der Waals surface area contributed by atoms with Gasteiger partial charge in [-0.2, -0.15) is 0 Å². The zero-order chi connectivity index (χ0) is 8.27. The van der Waals surface area contributed by atoms with E-state index in [4.69, 9.17) is 0 Å². The first-order valence-corrected chi connectivity index (χ1v) is 5.04. The van der Waals surface area contributed by atoms with E-state index in [0.29, 0.717) is 0 Å². The quantitative estimate of drug-likeness (QED) is 0.579. The SMILES string of the molecule is O=S([O-])C(Br)c1ccccc1. The van der Waals surface area contributed by atoms with Crippen molar-refractivity contribution in [2.45, 2.75) is 4.16 Å². The van der Waals surface area contributed by atoms with Gasteiger partial charge in [0.05, 0.1) is 0 Å². The molecule has 60 valence electrons. The van der Waals surface area contributed by atoms with Crippen LogP contribution in [0.25, 0.3) is 0 Å². The van der Waals surface area contributed by atoms with Gasteiger partial charge in [-0.3, -0.25) is 4.21 Å². The standard InChI is InChI=1S/C7H7BrO2S/c8-7(11(9)10)6-4-2-1-3-5-6/h1-5,7H,(H,9,10)/p-1. The Morgan fingerprint density at radius 3 is 2.36 bits per heavy atom. The highest BCUT2D eigenvalue weighted by atomic mass is 79.9. The molecule has 0 amide bonds. The van der Waals surface area contributed by atoms with E-state index in [1.165, 1.54) is 0 Å². The Balaban J connectivity index is 2.85. The molecule has 0 bridgehead atoms. The number of rotatable bonds is 2. The average molecular weight is 234 g/mol. The smallest absolute Gasteiger partial charge is 0.102 e. The van der Waals surface area contributed by atoms with Crippen LogP contribution < -0.4 is 0 Å². The molecule has 0 aliphatic heterocycles. The second-order valence-corrected chi connectivity index (χ2v) is 4.50. The zero-order valence-electron chi connectivity index (χ0n) is 5.57. The van der Waals surface area contributed by atoms with Crippen molar-refractivity contribution in [3.05, 3.63) is 35.9 Å². The molecule has 0 fully saturated rings. The molecule has 0 spiro atoms.